The van der Waals surface area contributed by atoms with Crippen LogP contribution < -0.4 is 5.32 Å². The van der Waals surface area contributed by atoms with Crippen molar-refractivity contribution in [3.8, 4) is 0 Å². The number of halogens is 1. The summed E-state index contributed by atoms with van der Waals surface area (Å²) in [6, 6.07) is 3.79. The number of hydrogen-bond acceptors (Lipinski definition) is 4. The molecule has 0 aromatic carbocycles. The summed E-state index contributed by atoms with van der Waals surface area (Å²) in [5, 5.41) is 12.9. The van der Waals surface area contributed by atoms with Crippen molar-refractivity contribution < 1.29 is 9.90 Å². The number of amides is 1. The Bertz CT molecular complexity index is 416. The lowest BCUT2D eigenvalue weighted by molar-refractivity contribution is -0.122. The van der Waals surface area contributed by atoms with Crippen molar-refractivity contribution >= 4 is 40.6 Å². The number of aliphatic hydroxyl groups is 1. The van der Waals surface area contributed by atoms with Crippen molar-refractivity contribution in [1.82, 2.24) is 5.32 Å². The number of nitrogens with one attached hydrogen (secondary N) is 1. The number of rotatable bonds is 5. The van der Waals surface area contributed by atoms with E-state index in [0.717, 1.165) is 21.4 Å². The highest BCUT2D eigenvalue weighted by Crippen LogP contribution is 2.27. The summed E-state index contributed by atoms with van der Waals surface area (Å²) in [6.07, 6.45) is 1.91. The second kappa shape index (κ2) is 6.28. The summed E-state index contributed by atoms with van der Waals surface area (Å²) in [5.41, 5.74) is -0.702. The zero-order chi connectivity index (χ0) is 13.0. The van der Waals surface area contributed by atoms with Crippen LogP contribution in [-0.2, 0) is 11.2 Å². The fourth-order valence-electron chi connectivity index (χ4n) is 1.81. The first-order valence-electron chi connectivity index (χ1n) is 5.88. The fraction of sp³-hybridized carbons (Fsp3) is 0.583. The van der Waals surface area contributed by atoms with E-state index in [1.807, 2.05) is 12.1 Å². The van der Waals surface area contributed by atoms with Crippen LogP contribution in [0.25, 0.3) is 0 Å². The van der Waals surface area contributed by atoms with Crippen molar-refractivity contribution in [3.63, 3.8) is 0 Å². The predicted molar refractivity (Wildman–Crippen MR) is 77.6 cm³/mol. The third kappa shape index (κ3) is 4.16. The van der Waals surface area contributed by atoms with Crippen molar-refractivity contribution in [1.29, 1.82) is 0 Å². The highest BCUT2D eigenvalue weighted by atomic mass is 35.5. The largest absolute Gasteiger partial charge is 0.387 e. The molecule has 2 N–H and O–H groups in total. The van der Waals surface area contributed by atoms with Crippen molar-refractivity contribution in [2.24, 2.45) is 0 Å². The molecule has 1 aliphatic rings. The molecule has 1 fully saturated rings. The van der Waals surface area contributed by atoms with Crippen LogP contribution in [0.5, 0.6) is 0 Å². The molecule has 0 saturated carbocycles. The van der Waals surface area contributed by atoms with E-state index in [0.29, 0.717) is 25.1 Å². The number of carbonyl (C=O) groups is 1. The fourth-order valence-corrected chi connectivity index (χ4v) is 4.19. The van der Waals surface area contributed by atoms with E-state index in [1.165, 1.54) is 11.3 Å². The summed E-state index contributed by atoms with van der Waals surface area (Å²) >= 11 is 9.06. The van der Waals surface area contributed by atoms with E-state index in [4.69, 9.17) is 11.6 Å². The number of thiophene rings is 1. The first-order valence-corrected chi connectivity index (χ1v) is 8.23. The summed E-state index contributed by atoms with van der Waals surface area (Å²) in [4.78, 5) is 12.8. The van der Waals surface area contributed by atoms with E-state index in [-0.39, 0.29) is 5.91 Å². The van der Waals surface area contributed by atoms with Gasteiger partial charge in [0, 0.05) is 23.6 Å². The molecule has 18 heavy (non-hydrogen) atoms. The van der Waals surface area contributed by atoms with Crippen LogP contribution >= 0.6 is 34.7 Å². The maximum Gasteiger partial charge on any atom is 0.220 e. The number of thioether (sulfide) groups is 1. The van der Waals surface area contributed by atoms with Crippen LogP contribution in [-0.4, -0.2) is 34.7 Å². The van der Waals surface area contributed by atoms with Gasteiger partial charge in [0.15, 0.2) is 0 Å². The molecule has 2 heterocycles. The van der Waals surface area contributed by atoms with Gasteiger partial charge < -0.3 is 10.4 Å². The van der Waals surface area contributed by atoms with Gasteiger partial charge in [-0.1, -0.05) is 11.6 Å². The van der Waals surface area contributed by atoms with Gasteiger partial charge in [0.25, 0.3) is 0 Å². The quantitative estimate of drug-likeness (QED) is 0.878. The van der Waals surface area contributed by atoms with E-state index in [1.54, 1.807) is 11.8 Å². The Morgan fingerprint density at radius 1 is 1.56 bits per heavy atom. The molecular formula is C12H16ClNO2S2. The van der Waals surface area contributed by atoms with Crippen LogP contribution in [0.4, 0.5) is 0 Å². The maximum atomic E-state index is 11.7. The minimum absolute atomic E-state index is 0.00940. The standard InChI is InChI=1S/C12H16ClNO2S2/c13-10-3-1-9(18-10)2-4-11(15)14-7-12(16)5-6-17-8-12/h1,3,16H,2,4-8H2,(H,14,15)/t12-/m0/s1. The molecule has 100 valence electrons. The van der Waals surface area contributed by atoms with E-state index in [2.05, 4.69) is 5.32 Å². The van der Waals surface area contributed by atoms with Crippen LogP contribution in [0.3, 0.4) is 0 Å². The Morgan fingerprint density at radius 2 is 2.39 bits per heavy atom. The van der Waals surface area contributed by atoms with E-state index < -0.39 is 5.60 Å². The molecule has 6 heteroatoms. The number of hydrogen-bond donors (Lipinski definition) is 2. The molecule has 0 radical (unpaired) electrons. The van der Waals surface area contributed by atoms with Crippen LogP contribution in [0, 0.1) is 0 Å². The summed E-state index contributed by atoms with van der Waals surface area (Å²) in [5.74, 6) is 1.68. The Kier molecular flexibility index (Phi) is 4.95. The van der Waals surface area contributed by atoms with Crippen molar-refractivity contribution in [2.45, 2.75) is 24.9 Å². The molecule has 0 aliphatic carbocycles. The van der Waals surface area contributed by atoms with Gasteiger partial charge in [0.2, 0.25) is 5.91 Å². The predicted octanol–water partition coefficient (Wildman–Crippen LogP) is 2.32. The van der Waals surface area contributed by atoms with Crippen molar-refractivity contribution in [2.75, 3.05) is 18.1 Å². The molecule has 3 nitrogen and oxygen atoms in total. The summed E-state index contributed by atoms with van der Waals surface area (Å²) in [6.45, 7) is 0.365. The third-order valence-corrected chi connectivity index (χ3v) is 5.45. The van der Waals surface area contributed by atoms with Gasteiger partial charge in [-0.15, -0.1) is 11.3 Å². The molecule has 0 bridgehead atoms. The van der Waals surface area contributed by atoms with Gasteiger partial charge in [0.05, 0.1) is 9.94 Å². The first kappa shape index (κ1) is 14.2. The average molecular weight is 306 g/mol. The zero-order valence-electron chi connectivity index (χ0n) is 9.95. The van der Waals surface area contributed by atoms with Gasteiger partial charge in [-0.3, -0.25) is 4.79 Å². The molecular weight excluding hydrogens is 290 g/mol. The zero-order valence-corrected chi connectivity index (χ0v) is 12.3. The van der Waals surface area contributed by atoms with Gasteiger partial charge in [-0.2, -0.15) is 11.8 Å². The molecule has 1 saturated heterocycles. The molecule has 0 spiro atoms. The number of aryl methyl sites for hydroxylation is 1. The molecule has 1 aromatic rings. The van der Waals surface area contributed by atoms with E-state index in [9.17, 15) is 9.90 Å². The van der Waals surface area contributed by atoms with Gasteiger partial charge >= 0.3 is 0 Å². The number of carbonyl (C=O) groups excluding carboxylic acids is 1. The van der Waals surface area contributed by atoms with Gasteiger partial charge in [-0.25, -0.2) is 0 Å². The van der Waals surface area contributed by atoms with Gasteiger partial charge in [0.1, 0.15) is 0 Å². The average Bonchev–Trinajstić information content (AvgIpc) is 2.94. The summed E-state index contributed by atoms with van der Waals surface area (Å²) in [7, 11) is 0. The topological polar surface area (TPSA) is 49.3 Å². The minimum atomic E-state index is -0.702. The van der Waals surface area contributed by atoms with Crippen LogP contribution in [0.15, 0.2) is 12.1 Å². The first-order chi connectivity index (χ1) is 8.57. The monoisotopic (exact) mass is 305 g/mol. The van der Waals surface area contributed by atoms with Gasteiger partial charge in [-0.05, 0) is 30.7 Å². The highest BCUT2D eigenvalue weighted by molar-refractivity contribution is 7.99. The van der Waals surface area contributed by atoms with Crippen molar-refractivity contribution in [3.05, 3.63) is 21.3 Å². The second-order valence-electron chi connectivity index (χ2n) is 4.51. The molecule has 1 atom stereocenters. The lowest BCUT2D eigenvalue weighted by Gasteiger charge is -2.21. The van der Waals surface area contributed by atoms with Crippen LogP contribution in [0.2, 0.25) is 4.34 Å². The highest BCUT2D eigenvalue weighted by Gasteiger charge is 2.31. The Labute approximate surface area is 120 Å². The lowest BCUT2D eigenvalue weighted by Crippen LogP contribution is -2.42. The normalized spacial score (nSPS) is 23.2. The summed E-state index contributed by atoms with van der Waals surface area (Å²) < 4.78 is 0.752. The lowest BCUT2D eigenvalue weighted by atomic mass is 10.0. The Morgan fingerprint density at radius 3 is 3.00 bits per heavy atom. The molecule has 1 aromatic heterocycles. The van der Waals surface area contributed by atoms with E-state index >= 15 is 0 Å². The third-order valence-electron chi connectivity index (χ3n) is 2.92. The maximum absolute atomic E-state index is 11.7. The minimum Gasteiger partial charge on any atom is -0.387 e. The molecule has 2 rings (SSSR count). The Hall–Kier alpha value is -0.230. The smallest absolute Gasteiger partial charge is 0.220 e. The Balaban J connectivity index is 1.69. The van der Waals surface area contributed by atoms with Crippen LogP contribution in [0.1, 0.15) is 17.7 Å². The molecule has 1 aliphatic heterocycles. The second-order valence-corrected chi connectivity index (χ2v) is 7.41. The SMILES string of the molecule is O=C(CCc1ccc(Cl)s1)NC[C@@]1(O)CCSC1. The molecule has 1 amide bonds. The molecule has 0 unspecified atom stereocenters.